The Kier molecular flexibility index (Phi) is 3.57. The summed E-state index contributed by atoms with van der Waals surface area (Å²) >= 11 is 0. The van der Waals surface area contributed by atoms with Crippen LogP contribution in [0.1, 0.15) is 19.4 Å². The molecular formula is C17H17NO. The molecule has 0 fully saturated rings. The van der Waals surface area contributed by atoms with Crippen LogP contribution < -0.4 is 4.74 Å². The number of pyridine rings is 1. The normalized spacial score (nSPS) is 10.8. The van der Waals surface area contributed by atoms with Gasteiger partial charge in [0.2, 0.25) is 0 Å². The molecule has 2 aromatic rings. The maximum absolute atomic E-state index is 5.62. The molecule has 0 saturated heterocycles. The minimum Gasteiger partial charge on any atom is -0.497 e. The molecule has 0 aliphatic heterocycles. The Morgan fingerprint density at radius 3 is 2.37 bits per heavy atom. The highest BCUT2D eigenvalue weighted by atomic mass is 16.5. The molecule has 0 spiro atoms. The molecule has 0 aliphatic rings. The fraction of sp³-hybridized carbons (Fsp3) is 0.235. The first-order valence-electron chi connectivity index (χ1n) is 6.14. The third kappa shape index (κ3) is 2.77. The molecule has 0 N–H and O–H groups in total. The lowest BCUT2D eigenvalue weighted by molar-refractivity contribution is 0.413. The van der Waals surface area contributed by atoms with Crippen molar-refractivity contribution in [1.82, 2.24) is 4.98 Å². The van der Waals surface area contributed by atoms with Gasteiger partial charge in [0.05, 0.1) is 12.5 Å². The number of ether oxygens (including phenoxy) is 1. The average Bonchev–Trinajstić information content (AvgIpc) is 2.47. The quantitative estimate of drug-likeness (QED) is 0.776. The summed E-state index contributed by atoms with van der Waals surface area (Å²) in [7, 11) is 1.66. The molecule has 0 amide bonds. The van der Waals surface area contributed by atoms with Crippen molar-refractivity contribution in [3.05, 3.63) is 48.3 Å². The van der Waals surface area contributed by atoms with Gasteiger partial charge in [-0.3, -0.25) is 4.98 Å². The van der Waals surface area contributed by atoms with Crippen LogP contribution in [0.5, 0.6) is 5.75 Å². The minimum absolute atomic E-state index is 0.323. The molecule has 1 aromatic carbocycles. The second kappa shape index (κ2) is 5.16. The van der Waals surface area contributed by atoms with Gasteiger partial charge in [-0.1, -0.05) is 5.92 Å². The number of aromatic nitrogens is 1. The number of benzene rings is 1. The standard InChI is InChI=1S/C17H17NO/c1-5-17(2,3)15-10-14(11-16(12-15)19-4)13-6-8-18-9-7-13/h1,6-12H,2-4H3. The molecule has 2 heteroatoms. The highest BCUT2D eigenvalue weighted by Crippen LogP contribution is 2.31. The van der Waals surface area contributed by atoms with E-state index in [-0.39, 0.29) is 5.41 Å². The van der Waals surface area contributed by atoms with Gasteiger partial charge in [0.1, 0.15) is 5.75 Å². The van der Waals surface area contributed by atoms with Crippen molar-refractivity contribution in [2.75, 3.05) is 7.11 Å². The second-order valence-electron chi connectivity index (χ2n) is 4.96. The van der Waals surface area contributed by atoms with Crippen LogP contribution in [0.4, 0.5) is 0 Å². The van der Waals surface area contributed by atoms with E-state index in [9.17, 15) is 0 Å². The second-order valence-corrected chi connectivity index (χ2v) is 4.96. The summed E-state index contributed by atoms with van der Waals surface area (Å²) in [5.41, 5.74) is 2.93. The predicted octanol–water partition coefficient (Wildman–Crippen LogP) is 3.67. The number of terminal acetylenes is 1. The summed E-state index contributed by atoms with van der Waals surface area (Å²) in [5, 5.41) is 0. The van der Waals surface area contributed by atoms with E-state index >= 15 is 0 Å². The zero-order valence-electron chi connectivity index (χ0n) is 11.5. The van der Waals surface area contributed by atoms with Gasteiger partial charge in [0.15, 0.2) is 0 Å². The van der Waals surface area contributed by atoms with Gasteiger partial charge in [-0.15, -0.1) is 6.42 Å². The summed E-state index contributed by atoms with van der Waals surface area (Å²) in [6.07, 6.45) is 9.17. The van der Waals surface area contributed by atoms with Crippen molar-refractivity contribution < 1.29 is 4.74 Å². The van der Waals surface area contributed by atoms with Gasteiger partial charge in [0.25, 0.3) is 0 Å². The molecule has 1 heterocycles. The molecule has 0 aliphatic carbocycles. The van der Waals surface area contributed by atoms with E-state index in [0.717, 1.165) is 22.4 Å². The van der Waals surface area contributed by atoms with Crippen LogP contribution >= 0.6 is 0 Å². The molecule has 0 atom stereocenters. The lowest BCUT2D eigenvalue weighted by Crippen LogP contribution is -2.14. The van der Waals surface area contributed by atoms with Crippen LogP contribution in [0, 0.1) is 12.3 Å². The highest BCUT2D eigenvalue weighted by Gasteiger charge is 2.19. The molecular weight excluding hydrogens is 234 g/mol. The van der Waals surface area contributed by atoms with E-state index in [1.807, 2.05) is 38.1 Å². The van der Waals surface area contributed by atoms with Crippen LogP contribution in [-0.2, 0) is 5.41 Å². The molecule has 96 valence electrons. The number of hydrogen-bond donors (Lipinski definition) is 0. The van der Waals surface area contributed by atoms with Gasteiger partial charge in [-0.2, -0.15) is 0 Å². The molecule has 1 aromatic heterocycles. The third-order valence-corrected chi connectivity index (χ3v) is 3.24. The summed E-state index contributed by atoms with van der Waals surface area (Å²) < 4.78 is 5.37. The fourth-order valence-electron chi connectivity index (χ4n) is 1.87. The fourth-order valence-corrected chi connectivity index (χ4v) is 1.87. The van der Waals surface area contributed by atoms with Gasteiger partial charge >= 0.3 is 0 Å². The van der Waals surface area contributed by atoms with Crippen molar-refractivity contribution >= 4 is 0 Å². The van der Waals surface area contributed by atoms with Crippen LogP contribution in [0.2, 0.25) is 0 Å². The molecule has 2 rings (SSSR count). The number of methoxy groups -OCH3 is 1. The largest absolute Gasteiger partial charge is 0.497 e. The van der Waals surface area contributed by atoms with E-state index < -0.39 is 0 Å². The summed E-state index contributed by atoms with van der Waals surface area (Å²) in [6.45, 7) is 4.05. The zero-order chi connectivity index (χ0) is 13.9. The highest BCUT2D eigenvalue weighted by molar-refractivity contribution is 5.66. The molecule has 19 heavy (non-hydrogen) atoms. The van der Waals surface area contributed by atoms with Crippen molar-refractivity contribution in [1.29, 1.82) is 0 Å². The van der Waals surface area contributed by atoms with E-state index in [1.54, 1.807) is 19.5 Å². The van der Waals surface area contributed by atoms with Crippen LogP contribution in [-0.4, -0.2) is 12.1 Å². The first-order valence-corrected chi connectivity index (χ1v) is 6.14. The Hall–Kier alpha value is -2.27. The Labute approximate surface area is 114 Å². The van der Waals surface area contributed by atoms with E-state index in [4.69, 9.17) is 11.2 Å². The van der Waals surface area contributed by atoms with Gasteiger partial charge < -0.3 is 4.74 Å². The molecule has 2 nitrogen and oxygen atoms in total. The van der Waals surface area contributed by atoms with Crippen molar-refractivity contribution in [2.45, 2.75) is 19.3 Å². The lowest BCUT2D eigenvalue weighted by atomic mass is 9.84. The predicted molar refractivity (Wildman–Crippen MR) is 78.1 cm³/mol. The topological polar surface area (TPSA) is 22.1 Å². The van der Waals surface area contributed by atoms with E-state index in [1.165, 1.54) is 0 Å². The Morgan fingerprint density at radius 2 is 1.79 bits per heavy atom. The number of rotatable bonds is 3. The van der Waals surface area contributed by atoms with Gasteiger partial charge in [-0.05, 0) is 60.9 Å². The molecule has 0 bridgehead atoms. The average molecular weight is 251 g/mol. The number of nitrogens with zero attached hydrogens (tertiary/aromatic N) is 1. The smallest absolute Gasteiger partial charge is 0.119 e. The van der Waals surface area contributed by atoms with Crippen LogP contribution in [0.25, 0.3) is 11.1 Å². The monoisotopic (exact) mass is 251 g/mol. The lowest BCUT2D eigenvalue weighted by Gasteiger charge is -2.20. The van der Waals surface area contributed by atoms with E-state index in [2.05, 4.69) is 17.0 Å². The Balaban J connectivity index is 2.58. The van der Waals surface area contributed by atoms with Crippen LogP contribution in [0.15, 0.2) is 42.7 Å². The Morgan fingerprint density at radius 1 is 1.11 bits per heavy atom. The Bertz CT molecular complexity index is 609. The molecule has 0 saturated carbocycles. The first-order chi connectivity index (χ1) is 9.06. The third-order valence-electron chi connectivity index (χ3n) is 3.24. The first kappa shape index (κ1) is 13.2. The van der Waals surface area contributed by atoms with Gasteiger partial charge in [0, 0.05) is 12.4 Å². The minimum atomic E-state index is -0.323. The summed E-state index contributed by atoms with van der Waals surface area (Å²) in [5.74, 6) is 3.63. The summed E-state index contributed by atoms with van der Waals surface area (Å²) in [6, 6.07) is 10.1. The van der Waals surface area contributed by atoms with Crippen molar-refractivity contribution in [2.24, 2.45) is 0 Å². The van der Waals surface area contributed by atoms with Crippen molar-refractivity contribution in [3.63, 3.8) is 0 Å². The molecule has 0 unspecified atom stereocenters. The SMILES string of the molecule is C#CC(C)(C)c1cc(OC)cc(-c2ccncc2)c1. The molecule has 0 radical (unpaired) electrons. The maximum atomic E-state index is 5.62. The maximum Gasteiger partial charge on any atom is 0.119 e. The van der Waals surface area contributed by atoms with Crippen molar-refractivity contribution in [3.8, 4) is 29.2 Å². The van der Waals surface area contributed by atoms with Crippen LogP contribution in [0.3, 0.4) is 0 Å². The number of hydrogen-bond acceptors (Lipinski definition) is 2. The van der Waals surface area contributed by atoms with E-state index in [0.29, 0.717) is 0 Å². The zero-order valence-corrected chi connectivity index (χ0v) is 11.5. The van der Waals surface area contributed by atoms with Gasteiger partial charge in [-0.25, -0.2) is 0 Å². The summed E-state index contributed by atoms with van der Waals surface area (Å²) in [4.78, 5) is 4.04.